The highest BCUT2D eigenvalue weighted by molar-refractivity contribution is 5.87. The normalized spacial score (nSPS) is 19.3. The summed E-state index contributed by atoms with van der Waals surface area (Å²) < 4.78 is 0. The predicted octanol–water partition coefficient (Wildman–Crippen LogP) is 2.79. The molecule has 1 aromatic carbocycles. The predicted molar refractivity (Wildman–Crippen MR) is 100 cm³/mol. The van der Waals surface area contributed by atoms with Gasteiger partial charge in [0.2, 0.25) is 0 Å². The van der Waals surface area contributed by atoms with Gasteiger partial charge < -0.3 is 15.3 Å². The lowest BCUT2D eigenvalue weighted by Gasteiger charge is -2.37. The van der Waals surface area contributed by atoms with Gasteiger partial charge >= 0.3 is 12.0 Å². The van der Waals surface area contributed by atoms with Crippen molar-refractivity contribution in [1.82, 2.24) is 15.1 Å². The Kier molecular flexibility index (Phi) is 6.50. The number of carboxylic acids is 1. The number of nitrogens with zero attached hydrogens (tertiary/aromatic N) is 2. The number of piperazine rings is 1. The largest absolute Gasteiger partial charge is 0.478 e. The van der Waals surface area contributed by atoms with Gasteiger partial charge in [0.05, 0.1) is 5.56 Å². The highest BCUT2D eigenvalue weighted by atomic mass is 16.4. The Labute approximate surface area is 155 Å². The number of aromatic carboxylic acids is 1. The Morgan fingerprint density at radius 2 is 1.65 bits per heavy atom. The quantitative estimate of drug-likeness (QED) is 0.848. The summed E-state index contributed by atoms with van der Waals surface area (Å²) in [4.78, 5) is 27.6. The molecule has 1 heterocycles. The van der Waals surface area contributed by atoms with Crippen LogP contribution >= 0.6 is 0 Å². The van der Waals surface area contributed by atoms with E-state index < -0.39 is 5.97 Å². The first kappa shape index (κ1) is 18.7. The smallest absolute Gasteiger partial charge is 0.335 e. The van der Waals surface area contributed by atoms with Crippen molar-refractivity contribution in [2.75, 3.05) is 32.7 Å². The molecule has 1 aliphatic heterocycles. The molecular weight excluding hydrogens is 330 g/mol. The van der Waals surface area contributed by atoms with Crippen LogP contribution in [0.4, 0.5) is 4.79 Å². The van der Waals surface area contributed by atoms with Crippen LogP contribution in [0.3, 0.4) is 0 Å². The van der Waals surface area contributed by atoms with E-state index in [4.69, 9.17) is 5.11 Å². The number of hydrogen-bond donors (Lipinski definition) is 2. The van der Waals surface area contributed by atoms with E-state index in [2.05, 4.69) is 10.2 Å². The van der Waals surface area contributed by atoms with Crippen molar-refractivity contribution < 1.29 is 14.7 Å². The lowest BCUT2D eigenvalue weighted by atomic mass is 9.89. The van der Waals surface area contributed by atoms with Crippen LogP contribution in [0, 0.1) is 5.92 Å². The molecule has 0 spiro atoms. The molecule has 6 nitrogen and oxygen atoms in total. The van der Waals surface area contributed by atoms with E-state index in [9.17, 15) is 9.59 Å². The molecule has 0 bridgehead atoms. The second-order valence-electron chi connectivity index (χ2n) is 7.45. The summed E-state index contributed by atoms with van der Waals surface area (Å²) in [6, 6.07) is 6.57. The van der Waals surface area contributed by atoms with Crippen molar-refractivity contribution in [3.8, 4) is 0 Å². The average Bonchev–Trinajstić information content (AvgIpc) is 2.68. The molecule has 3 rings (SSSR count). The van der Waals surface area contributed by atoms with E-state index in [1.165, 1.54) is 38.6 Å². The SMILES string of the molecule is O=C(O)c1ccc(CNC(=O)N2CCN(CC3CCCCC3)CC2)cc1. The Balaban J connectivity index is 1.38. The van der Waals surface area contributed by atoms with Crippen molar-refractivity contribution in [2.24, 2.45) is 5.92 Å². The minimum absolute atomic E-state index is 0.0374. The van der Waals surface area contributed by atoms with E-state index >= 15 is 0 Å². The number of carbonyl (C=O) groups excluding carboxylic acids is 1. The van der Waals surface area contributed by atoms with E-state index in [1.54, 1.807) is 24.3 Å². The third-order valence-corrected chi connectivity index (χ3v) is 5.55. The summed E-state index contributed by atoms with van der Waals surface area (Å²) in [5.74, 6) is -0.0930. The summed E-state index contributed by atoms with van der Waals surface area (Å²) in [7, 11) is 0. The number of amides is 2. The van der Waals surface area contributed by atoms with Crippen LogP contribution in [0.1, 0.15) is 48.0 Å². The molecule has 1 aromatic rings. The molecule has 26 heavy (non-hydrogen) atoms. The van der Waals surface area contributed by atoms with Crippen LogP contribution in [0.5, 0.6) is 0 Å². The third kappa shape index (κ3) is 5.21. The number of nitrogens with one attached hydrogen (secondary N) is 1. The van der Waals surface area contributed by atoms with Gasteiger partial charge in [-0.05, 0) is 36.5 Å². The van der Waals surface area contributed by atoms with Gasteiger partial charge in [-0.25, -0.2) is 9.59 Å². The molecule has 1 aliphatic carbocycles. The van der Waals surface area contributed by atoms with Crippen molar-refractivity contribution in [3.05, 3.63) is 35.4 Å². The number of carbonyl (C=O) groups is 2. The maximum atomic E-state index is 12.3. The summed E-state index contributed by atoms with van der Waals surface area (Å²) >= 11 is 0. The highest BCUT2D eigenvalue weighted by Gasteiger charge is 2.23. The van der Waals surface area contributed by atoms with Crippen LogP contribution in [0.2, 0.25) is 0 Å². The van der Waals surface area contributed by atoms with Crippen molar-refractivity contribution in [3.63, 3.8) is 0 Å². The van der Waals surface area contributed by atoms with Gasteiger partial charge in [0.1, 0.15) is 0 Å². The molecule has 142 valence electrons. The fourth-order valence-corrected chi connectivity index (χ4v) is 3.92. The van der Waals surface area contributed by atoms with Crippen LogP contribution in [-0.2, 0) is 6.54 Å². The second kappa shape index (κ2) is 9.03. The summed E-state index contributed by atoms with van der Waals surface area (Å²) in [6.45, 7) is 5.06. The zero-order chi connectivity index (χ0) is 18.4. The Morgan fingerprint density at radius 3 is 2.27 bits per heavy atom. The van der Waals surface area contributed by atoms with E-state index in [-0.39, 0.29) is 11.6 Å². The van der Waals surface area contributed by atoms with Crippen LogP contribution in [0.25, 0.3) is 0 Å². The zero-order valence-corrected chi connectivity index (χ0v) is 15.3. The zero-order valence-electron chi connectivity index (χ0n) is 15.3. The molecule has 0 aromatic heterocycles. The van der Waals surface area contributed by atoms with Gasteiger partial charge in [-0.1, -0.05) is 31.4 Å². The van der Waals surface area contributed by atoms with Crippen LogP contribution in [-0.4, -0.2) is 59.6 Å². The molecule has 1 saturated heterocycles. The van der Waals surface area contributed by atoms with E-state index in [0.29, 0.717) is 6.54 Å². The van der Waals surface area contributed by atoms with Gasteiger partial charge in [0.25, 0.3) is 0 Å². The molecule has 2 aliphatic rings. The van der Waals surface area contributed by atoms with Crippen molar-refractivity contribution in [1.29, 1.82) is 0 Å². The lowest BCUT2D eigenvalue weighted by Crippen LogP contribution is -2.52. The van der Waals surface area contributed by atoms with Crippen LogP contribution in [0.15, 0.2) is 24.3 Å². The second-order valence-corrected chi connectivity index (χ2v) is 7.45. The standard InChI is InChI=1S/C20H29N3O3/c24-19(25)18-8-6-16(7-9-18)14-21-20(26)23-12-10-22(11-13-23)15-17-4-2-1-3-5-17/h6-9,17H,1-5,10-15H2,(H,21,26)(H,24,25). The van der Waals surface area contributed by atoms with E-state index in [0.717, 1.165) is 37.7 Å². The number of hydrogen-bond acceptors (Lipinski definition) is 3. The lowest BCUT2D eigenvalue weighted by molar-refractivity contribution is 0.0697. The minimum Gasteiger partial charge on any atom is -0.478 e. The van der Waals surface area contributed by atoms with Crippen molar-refractivity contribution >= 4 is 12.0 Å². The van der Waals surface area contributed by atoms with E-state index in [1.807, 2.05) is 4.90 Å². The number of urea groups is 1. The Bertz CT molecular complexity index is 603. The first-order chi connectivity index (χ1) is 12.6. The number of benzene rings is 1. The van der Waals surface area contributed by atoms with Crippen LogP contribution < -0.4 is 5.32 Å². The number of carboxylic acid groups (broad SMARTS) is 1. The topological polar surface area (TPSA) is 72.9 Å². The maximum absolute atomic E-state index is 12.3. The summed E-state index contributed by atoms with van der Waals surface area (Å²) in [5.41, 5.74) is 1.16. The fraction of sp³-hybridized carbons (Fsp3) is 0.600. The molecular formula is C20H29N3O3. The molecule has 1 saturated carbocycles. The Morgan fingerprint density at radius 1 is 1.00 bits per heavy atom. The molecule has 0 unspecified atom stereocenters. The Hall–Kier alpha value is -2.08. The van der Waals surface area contributed by atoms with Gasteiger partial charge in [0.15, 0.2) is 0 Å². The van der Waals surface area contributed by atoms with Gasteiger partial charge in [-0.15, -0.1) is 0 Å². The fourth-order valence-electron chi connectivity index (χ4n) is 3.92. The highest BCUT2D eigenvalue weighted by Crippen LogP contribution is 2.24. The molecule has 2 fully saturated rings. The minimum atomic E-state index is -0.938. The third-order valence-electron chi connectivity index (χ3n) is 5.55. The first-order valence-electron chi connectivity index (χ1n) is 9.69. The molecule has 6 heteroatoms. The van der Waals surface area contributed by atoms with Gasteiger partial charge in [0, 0.05) is 39.3 Å². The van der Waals surface area contributed by atoms with Gasteiger partial charge in [-0.3, -0.25) is 4.90 Å². The first-order valence-corrected chi connectivity index (χ1v) is 9.69. The van der Waals surface area contributed by atoms with Gasteiger partial charge in [-0.2, -0.15) is 0 Å². The molecule has 2 N–H and O–H groups in total. The summed E-state index contributed by atoms with van der Waals surface area (Å²) in [6.07, 6.45) is 6.87. The average molecular weight is 359 g/mol. The number of rotatable bonds is 5. The summed E-state index contributed by atoms with van der Waals surface area (Å²) in [5, 5.41) is 11.8. The molecule has 0 atom stereocenters. The molecule has 0 radical (unpaired) electrons. The van der Waals surface area contributed by atoms with Crippen molar-refractivity contribution in [2.45, 2.75) is 38.6 Å². The monoisotopic (exact) mass is 359 g/mol. The maximum Gasteiger partial charge on any atom is 0.335 e. The molecule has 2 amide bonds.